The molecule has 0 bridgehead atoms. The van der Waals surface area contributed by atoms with Crippen LogP contribution in [0.2, 0.25) is 0 Å². The van der Waals surface area contributed by atoms with Crippen LogP contribution in [-0.2, 0) is 23.1 Å². The van der Waals surface area contributed by atoms with E-state index >= 15 is 0 Å². The molecule has 3 heterocycles. The molecule has 2 aliphatic rings. The van der Waals surface area contributed by atoms with Crippen molar-refractivity contribution < 1.29 is 17.2 Å². The Balaban J connectivity index is 1.53. The molecule has 0 spiro atoms. The molecule has 28 heavy (non-hydrogen) atoms. The van der Waals surface area contributed by atoms with E-state index in [2.05, 4.69) is 10.3 Å². The minimum Gasteiger partial charge on any atom is -0.366 e. The van der Waals surface area contributed by atoms with Gasteiger partial charge in [0.05, 0.1) is 18.8 Å². The van der Waals surface area contributed by atoms with Gasteiger partial charge in [-0.25, -0.2) is 22.0 Å². The second-order valence-corrected chi connectivity index (χ2v) is 8.95. The summed E-state index contributed by atoms with van der Waals surface area (Å²) in [7, 11) is -3.28. The Morgan fingerprint density at radius 3 is 2.68 bits per heavy atom. The van der Waals surface area contributed by atoms with Gasteiger partial charge in [0.15, 0.2) is 11.6 Å². The average molecular weight is 411 g/mol. The quantitative estimate of drug-likeness (QED) is 0.793. The SMILES string of the molecule is CS(=O)(=O)N1CCN2c3cc(NCc4ccc(F)c(F)c4)nc(=O)n3CC2C1. The zero-order valence-corrected chi connectivity index (χ0v) is 15.9. The van der Waals surface area contributed by atoms with Crippen molar-refractivity contribution in [3.63, 3.8) is 0 Å². The Bertz CT molecular complexity index is 1090. The highest BCUT2D eigenvalue weighted by atomic mass is 32.2. The number of nitrogens with zero attached hydrogens (tertiary/aromatic N) is 4. The highest BCUT2D eigenvalue weighted by molar-refractivity contribution is 7.88. The molecule has 0 radical (unpaired) electrons. The summed E-state index contributed by atoms with van der Waals surface area (Å²) in [6, 6.07) is 5.18. The van der Waals surface area contributed by atoms with E-state index in [1.807, 2.05) is 4.90 Å². The standard InChI is InChI=1S/C17H19F2N5O3S/c1-28(26,27)22-4-5-23-12(9-22)10-24-16(23)7-15(21-17(24)25)20-8-11-2-3-13(18)14(19)6-11/h2-3,6-7,12H,4-5,8-10H2,1H3,(H,20,21,25). The van der Waals surface area contributed by atoms with Gasteiger partial charge in [-0.05, 0) is 17.7 Å². The zero-order chi connectivity index (χ0) is 20.1. The Hall–Kier alpha value is -2.53. The summed E-state index contributed by atoms with van der Waals surface area (Å²) >= 11 is 0. The minimum atomic E-state index is -3.28. The number of rotatable bonds is 4. The lowest BCUT2D eigenvalue weighted by Crippen LogP contribution is -2.53. The van der Waals surface area contributed by atoms with Crippen LogP contribution in [-0.4, -0.2) is 54.2 Å². The van der Waals surface area contributed by atoms with Crippen LogP contribution >= 0.6 is 0 Å². The van der Waals surface area contributed by atoms with Gasteiger partial charge in [-0.1, -0.05) is 6.07 Å². The van der Waals surface area contributed by atoms with Crippen LogP contribution in [0.5, 0.6) is 0 Å². The molecule has 1 unspecified atom stereocenters. The molecule has 11 heteroatoms. The topological polar surface area (TPSA) is 87.5 Å². The molecule has 0 amide bonds. The predicted molar refractivity (Wildman–Crippen MR) is 99.7 cm³/mol. The lowest BCUT2D eigenvalue weighted by Gasteiger charge is -2.36. The molecular formula is C17H19F2N5O3S. The largest absolute Gasteiger partial charge is 0.366 e. The summed E-state index contributed by atoms with van der Waals surface area (Å²) in [6.07, 6.45) is 1.18. The first-order chi connectivity index (χ1) is 13.2. The number of sulfonamides is 1. The molecule has 1 atom stereocenters. The van der Waals surface area contributed by atoms with E-state index in [1.165, 1.54) is 21.2 Å². The number of anilines is 2. The van der Waals surface area contributed by atoms with E-state index in [-0.39, 0.29) is 12.6 Å². The number of hydrogen-bond donors (Lipinski definition) is 1. The van der Waals surface area contributed by atoms with Crippen molar-refractivity contribution in [3.05, 3.63) is 51.9 Å². The molecule has 0 saturated carbocycles. The molecule has 0 aliphatic carbocycles. The van der Waals surface area contributed by atoms with Crippen LogP contribution in [0.3, 0.4) is 0 Å². The van der Waals surface area contributed by atoms with Crippen molar-refractivity contribution >= 4 is 21.7 Å². The van der Waals surface area contributed by atoms with Crippen molar-refractivity contribution in [3.8, 4) is 0 Å². The van der Waals surface area contributed by atoms with Crippen LogP contribution < -0.4 is 15.9 Å². The maximum Gasteiger partial charge on any atom is 0.351 e. The average Bonchev–Trinajstić information content (AvgIpc) is 3.01. The molecule has 150 valence electrons. The molecule has 1 aromatic heterocycles. The molecule has 4 rings (SSSR count). The van der Waals surface area contributed by atoms with Crippen molar-refractivity contribution in [1.82, 2.24) is 13.9 Å². The van der Waals surface area contributed by atoms with E-state index in [4.69, 9.17) is 0 Å². The fourth-order valence-electron chi connectivity index (χ4n) is 3.63. The fourth-order valence-corrected chi connectivity index (χ4v) is 4.49. The number of piperazine rings is 1. The molecule has 1 fully saturated rings. The van der Waals surface area contributed by atoms with Crippen LogP contribution in [0, 0.1) is 11.6 Å². The van der Waals surface area contributed by atoms with Gasteiger partial charge in [-0.2, -0.15) is 9.29 Å². The Morgan fingerprint density at radius 2 is 1.96 bits per heavy atom. The lowest BCUT2D eigenvalue weighted by molar-refractivity contribution is 0.335. The van der Waals surface area contributed by atoms with Crippen LogP contribution in [0.1, 0.15) is 5.56 Å². The van der Waals surface area contributed by atoms with Gasteiger partial charge in [-0.15, -0.1) is 0 Å². The number of halogens is 2. The van der Waals surface area contributed by atoms with Crippen molar-refractivity contribution in [2.45, 2.75) is 19.1 Å². The third-order valence-corrected chi connectivity index (χ3v) is 6.32. The van der Waals surface area contributed by atoms with Gasteiger partial charge in [0.2, 0.25) is 10.0 Å². The van der Waals surface area contributed by atoms with E-state index in [0.29, 0.717) is 43.4 Å². The third-order valence-electron chi connectivity index (χ3n) is 5.05. The van der Waals surface area contributed by atoms with Crippen LogP contribution in [0.4, 0.5) is 20.4 Å². The Labute approximate surface area is 160 Å². The Kier molecular flexibility index (Phi) is 4.58. The fraction of sp³-hybridized carbons (Fsp3) is 0.412. The van der Waals surface area contributed by atoms with E-state index in [9.17, 15) is 22.0 Å². The summed E-state index contributed by atoms with van der Waals surface area (Å²) in [5, 5.41) is 2.96. The van der Waals surface area contributed by atoms with Crippen molar-refractivity contribution in [2.75, 3.05) is 36.1 Å². The second kappa shape index (κ2) is 6.82. The summed E-state index contributed by atoms with van der Waals surface area (Å²) in [4.78, 5) is 18.4. The summed E-state index contributed by atoms with van der Waals surface area (Å²) in [5.74, 6) is -0.858. The Morgan fingerprint density at radius 1 is 1.18 bits per heavy atom. The smallest absolute Gasteiger partial charge is 0.351 e. The van der Waals surface area contributed by atoms with Crippen molar-refractivity contribution in [2.24, 2.45) is 0 Å². The second-order valence-electron chi connectivity index (χ2n) is 6.96. The molecular weight excluding hydrogens is 392 g/mol. The lowest BCUT2D eigenvalue weighted by atomic mass is 10.2. The number of fused-ring (bicyclic) bond motifs is 3. The summed E-state index contributed by atoms with van der Waals surface area (Å²) in [5.41, 5.74) is 0.0755. The molecule has 1 aromatic carbocycles. The normalized spacial score (nSPS) is 19.4. The number of benzene rings is 1. The van der Waals surface area contributed by atoms with Gasteiger partial charge in [0, 0.05) is 32.2 Å². The maximum absolute atomic E-state index is 13.3. The highest BCUT2D eigenvalue weighted by Gasteiger charge is 2.37. The van der Waals surface area contributed by atoms with E-state index < -0.39 is 27.3 Å². The molecule has 2 aliphatic heterocycles. The first kappa shape index (κ1) is 18.8. The number of aromatic nitrogens is 2. The first-order valence-electron chi connectivity index (χ1n) is 8.74. The molecule has 2 aromatic rings. The molecule has 1 saturated heterocycles. The first-order valence-corrected chi connectivity index (χ1v) is 10.6. The maximum atomic E-state index is 13.3. The third kappa shape index (κ3) is 3.47. The van der Waals surface area contributed by atoms with Crippen LogP contribution in [0.25, 0.3) is 0 Å². The van der Waals surface area contributed by atoms with Crippen LogP contribution in [0.15, 0.2) is 29.1 Å². The van der Waals surface area contributed by atoms with Gasteiger partial charge in [-0.3, -0.25) is 4.57 Å². The monoisotopic (exact) mass is 411 g/mol. The van der Waals surface area contributed by atoms with Gasteiger partial charge < -0.3 is 10.2 Å². The predicted octanol–water partition coefficient (Wildman–Crippen LogP) is 0.597. The van der Waals surface area contributed by atoms with E-state index in [0.717, 1.165) is 12.1 Å². The highest BCUT2D eigenvalue weighted by Crippen LogP contribution is 2.29. The van der Waals surface area contributed by atoms with Gasteiger partial charge >= 0.3 is 5.69 Å². The number of nitrogens with one attached hydrogen (secondary N) is 1. The minimum absolute atomic E-state index is 0.126. The summed E-state index contributed by atoms with van der Waals surface area (Å²) < 4.78 is 52.9. The molecule has 1 N–H and O–H groups in total. The summed E-state index contributed by atoms with van der Waals surface area (Å²) in [6.45, 7) is 1.69. The van der Waals surface area contributed by atoms with E-state index in [1.54, 1.807) is 6.07 Å². The number of hydrogen-bond acceptors (Lipinski definition) is 6. The van der Waals surface area contributed by atoms with Gasteiger partial charge in [0.25, 0.3) is 0 Å². The molecule has 8 nitrogen and oxygen atoms in total. The zero-order valence-electron chi connectivity index (χ0n) is 15.1. The van der Waals surface area contributed by atoms with Gasteiger partial charge in [0.1, 0.15) is 11.6 Å². The van der Waals surface area contributed by atoms with Crippen molar-refractivity contribution in [1.29, 1.82) is 0 Å².